The van der Waals surface area contributed by atoms with E-state index in [0.29, 0.717) is 14.7 Å². The Morgan fingerprint density at radius 1 is 1.30 bits per heavy atom. The Morgan fingerprint density at radius 3 is 2.45 bits per heavy atom. The van der Waals surface area contributed by atoms with Gasteiger partial charge in [-0.2, -0.15) is 0 Å². The third-order valence-electron chi connectivity index (χ3n) is 2.45. The molecule has 2 aromatic rings. The van der Waals surface area contributed by atoms with Gasteiger partial charge in [-0.05, 0) is 35.0 Å². The molecule has 4 nitrogen and oxygen atoms in total. The molecule has 0 aliphatic rings. The van der Waals surface area contributed by atoms with Crippen molar-refractivity contribution >= 4 is 48.7 Å². The van der Waals surface area contributed by atoms with Crippen LogP contribution >= 0.6 is 27.3 Å². The highest BCUT2D eigenvalue weighted by Crippen LogP contribution is 2.32. The van der Waals surface area contributed by atoms with Crippen LogP contribution in [0, 0.1) is 18.6 Å². The number of hydrogen-bond acceptors (Lipinski definition) is 4. The monoisotopic (exact) mass is 382 g/mol. The second-order valence-electron chi connectivity index (χ2n) is 3.93. The average molecular weight is 383 g/mol. The molecule has 0 aliphatic heterocycles. The zero-order valence-corrected chi connectivity index (χ0v) is 13.3. The fraction of sp³-hybridized carbons (Fsp3) is 0.0909. The van der Waals surface area contributed by atoms with Gasteiger partial charge in [0.1, 0.15) is 16.4 Å². The molecule has 20 heavy (non-hydrogen) atoms. The molecule has 9 heteroatoms. The molecule has 3 N–H and O–H groups in total. The highest BCUT2D eigenvalue weighted by Gasteiger charge is 2.22. The first kappa shape index (κ1) is 15.2. The molecule has 0 bridgehead atoms. The van der Waals surface area contributed by atoms with Crippen LogP contribution in [0.1, 0.15) is 4.88 Å². The van der Waals surface area contributed by atoms with Gasteiger partial charge >= 0.3 is 0 Å². The van der Waals surface area contributed by atoms with Crippen LogP contribution in [0.15, 0.2) is 26.9 Å². The smallest absolute Gasteiger partial charge is 0.263 e. The quantitative estimate of drug-likeness (QED) is 0.798. The number of thiophene rings is 1. The summed E-state index contributed by atoms with van der Waals surface area (Å²) in [4.78, 5) is 0.544. The molecular weight excluding hydrogens is 374 g/mol. The summed E-state index contributed by atoms with van der Waals surface area (Å²) in [5.41, 5.74) is 4.65. The number of anilines is 2. The lowest BCUT2D eigenvalue weighted by Crippen LogP contribution is -2.15. The highest BCUT2D eigenvalue weighted by molar-refractivity contribution is 9.11. The first-order chi connectivity index (χ1) is 9.20. The minimum Gasteiger partial charge on any atom is -0.397 e. The Morgan fingerprint density at radius 2 is 1.95 bits per heavy atom. The van der Waals surface area contributed by atoms with E-state index in [0.717, 1.165) is 6.07 Å². The molecule has 0 radical (unpaired) electrons. The molecule has 0 atom stereocenters. The van der Waals surface area contributed by atoms with E-state index < -0.39 is 27.3 Å². The van der Waals surface area contributed by atoms with Crippen molar-refractivity contribution in [3.05, 3.63) is 38.5 Å². The van der Waals surface area contributed by atoms with Crippen LogP contribution in [-0.4, -0.2) is 8.42 Å². The van der Waals surface area contributed by atoms with Crippen LogP contribution in [-0.2, 0) is 10.0 Å². The summed E-state index contributed by atoms with van der Waals surface area (Å²) in [6.07, 6.45) is 0. The molecule has 0 spiro atoms. The zero-order chi connectivity index (χ0) is 15.1. The maximum atomic E-state index is 13.6. The molecule has 2 rings (SSSR count). The number of benzene rings is 1. The first-order valence-corrected chi connectivity index (χ1v) is 8.33. The van der Waals surface area contributed by atoms with Crippen LogP contribution in [0.3, 0.4) is 0 Å². The van der Waals surface area contributed by atoms with Crippen molar-refractivity contribution in [1.82, 2.24) is 0 Å². The van der Waals surface area contributed by atoms with Gasteiger partial charge in [0.2, 0.25) is 0 Å². The SMILES string of the molecule is Cc1sc(Br)cc1S(=O)(=O)Nc1c(N)cc(F)cc1F. The van der Waals surface area contributed by atoms with E-state index in [-0.39, 0.29) is 10.6 Å². The predicted octanol–water partition coefficient (Wildman–Crippen LogP) is 3.48. The maximum absolute atomic E-state index is 13.6. The lowest BCUT2D eigenvalue weighted by atomic mass is 10.2. The molecule has 0 unspecified atom stereocenters. The molecule has 1 aromatic carbocycles. The normalized spacial score (nSPS) is 11.6. The largest absolute Gasteiger partial charge is 0.397 e. The van der Waals surface area contributed by atoms with Crippen molar-refractivity contribution in [2.24, 2.45) is 0 Å². The highest BCUT2D eigenvalue weighted by atomic mass is 79.9. The lowest BCUT2D eigenvalue weighted by molar-refractivity contribution is 0.583. The van der Waals surface area contributed by atoms with Gasteiger partial charge in [0.15, 0.2) is 5.82 Å². The fourth-order valence-electron chi connectivity index (χ4n) is 1.59. The number of nitrogens with two attached hydrogens (primary N) is 1. The Balaban J connectivity index is 2.46. The predicted molar refractivity (Wildman–Crippen MR) is 78.3 cm³/mol. The number of nitrogens with one attached hydrogen (secondary N) is 1. The number of nitrogen functional groups attached to an aromatic ring is 1. The topological polar surface area (TPSA) is 72.2 Å². The molecule has 0 saturated heterocycles. The molecule has 108 valence electrons. The van der Waals surface area contributed by atoms with Gasteiger partial charge in [0, 0.05) is 10.9 Å². The van der Waals surface area contributed by atoms with Gasteiger partial charge in [0.25, 0.3) is 10.0 Å². The Hall–Kier alpha value is -1.19. The summed E-state index contributed by atoms with van der Waals surface area (Å²) in [6.45, 7) is 1.62. The van der Waals surface area contributed by atoms with Crippen molar-refractivity contribution in [2.45, 2.75) is 11.8 Å². The van der Waals surface area contributed by atoms with E-state index in [9.17, 15) is 17.2 Å². The van der Waals surface area contributed by atoms with Crippen molar-refractivity contribution in [3.63, 3.8) is 0 Å². The Bertz CT molecular complexity index is 752. The first-order valence-electron chi connectivity index (χ1n) is 5.24. The summed E-state index contributed by atoms with van der Waals surface area (Å²) in [6, 6.07) is 2.81. The minimum atomic E-state index is -3.99. The third kappa shape index (κ3) is 2.94. The van der Waals surface area contributed by atoms with Crippen molar-refractivity contribution in [1.29, 1.82) is 0 Å². The van der Waals surface area contributed by atoms with Crippen molar-refractivity contribution < 1.29 is 17.2 Å². The minimum absolute atomic E-state index is 0.0116. The van der Waals surface area contributed by atoms with E-state index in [1.54, 1.807) is 6.92 Å². The molecule has 0 aliphatic carbocycles. The number of halogens is 3. The number of sulfonamides is 1. The van der Waals surface area contributed by atoms with Gasteiger partial charge in [0.05, 0.1) is 9.47 Å². The third-order valence-corrected chi connectivity index (χ3v) is 5.61. The lowest BCUT2D eigenvalue weighted by Gasteiger charge is -2.11. The van der Waals surface area contributed by atoms with Crippen molar-refractivity contribution in [2.75, 3.05) is 10.5 Å². The van der Waals surface area contributed by atoms with Crippen molar-refractivity contribution in [3.8, 4) is 0 Å². The summed E-state index contributed by atoms with van der Waals surface area (Å²) in [5.74, 6) is -1.95. The second kappa shape index (κ2) is 5.30. The van der Waals surface area contributed by atoms with Crippen LogP contribution in [0.4, 0.5) is 20.2 Å². The summed E-state index contributed by atoms with van der Waals surface area (Å²) >= 11 is 4.41. The van der Waals surface area contributed by atoms with Gasteiger partial charge in [-0.15, -0.1) is 11.3 Å². The van der Waals surface area contributed by atoms with Crippen LogP contribution in [0.2, 0.25) is 0 Å². The standard InChI is InChI=1S/C11H9BrF2N2O2S2/c1-5-9(4-10(12)19-5)20(17,18)16-11-7(14)2-6(13)3-8(11)15/h2-4,16H,15H2,1H3. The van der Waals surface area contributed by atoms with E-state index in [1.165, 1.54) is 17.4 Å². The number of rotatable bonds is 3. The molecular formula is C11H9BrF2N2O2S2. The molecule has 1 aromatic heterocycles. The van der Waals surface area contributed by atoms with Crippen LogP contribution in [0.25, 0.3) is 0 Å². The van der Waals surface area contributed by atoms with Gasteiger partial charge in [-0.1, -0.05) is 0 Å². The Kier molecular flexibility index (Phi) is 4.03. The Labute approximate surface area is 126 Å². The van der Waals surface area contributed by atoms with E-state index in [1.807, 2.05) is 4.72 Å². The average Bonchev–Trinajstić information content (AvgIpc) is 2.64. The molecule has 0 fully saturated rings. The van der Waals surface area contributed by atoms with E-state index in [4.69, 9.17) is 5.73 Å². The second-order valence-corrected chi connectivity index (χ2v) is 8.21. The van der Waals surface area contributed by atoms with Crippen LogP contribution in [0.5, 0.6) is 0 Å². The van der Waals surface area contributed by atoms with Crippen LogP contribution < -0.4 is 10.5 Å². The maximum Gasteiger partial charge on any atom is 0.263 e. The number of hydrogen-bond donors (Lipinski definition) is 2. The van der Waals surface area contributed by atoms with Gasteiger partial charge in [-0.3, -0.25) is 4.72 Å². The van der Waals surface area contributed by atoms with E-state index in [2.05, 4.69) is 15.9 Å². The fourth-order valence-corrected chi connectivity index (χ4v) is 5.10. The summed E-state index contributed by atoms with van der Waals surface area (Å²) in [7, 11) is -3.99. The molecule has 0 saturated carbocycles. The van der Waals surface area contributed by atoms with Gasteiger partial charge in [-0.25, -0.2) is 17.2 Å². The molecule has 1 heterocycles. The molecule has 0 amide bonds. The summed E-state index contributed by atoms with van der Waals surface area (Å²) in [5, 5.41) is 0. The zero-order valence-electron chi connectivity index (χ0n) is 10.1. The number of aryl methyl sites for hydroxylation is 1. The van der Waals surface area contributed by atoms with Gasteiger partial charge < -0.3 is 5.73 Å². The summed E-state index contributed by atoms with van der Waals surface area (Å²) < 4.78 is 53.6. The van der Waals surface area contributed by atoms with E-state index >= 15 is 0 Å².